The maximum absolute atomic E-state index is 5.90. The van der Waals surface area contributed by atoms with Crippen LogP contribution in [0.4, 0.5) is 0 Å². The van der Waals surface area contributed by atoms with E-state index >= 15 is 0 Å². The second-order valence-corrected chi connectivity index (χ2v) is 11.3. The normalized spacial score (nSPS) is 17.2. The molecule has 2 fully saturated rings. The molecule has 0 bridgehead atoms. The Balaban J connectivity index is 0.994. The Labute approximate surface area is 261 Å². The summed E-state index contributed by atoms with van der Waals surface area (Å²) in [7, 11) is 0. The van der Waals surface area contributed by atoms with Gasteiger partial charge >= 0.3 is 0 Å². The summed E-state index contributed by atoms with van der Waals surface area (Å²) in [5, 5.41) is 0. The third-order valence-corrected chi connectivity index (χ3v) is 7.62. The molecule has 2 atom stereocenters. The van der Waals surface area contributed by atoms with Crippen molar-refractivity contribution in [1.29, 1.82) is 0 Å². The molecule has 2 aliphatic heterocycles. The van der Waals surface area contributed by atoms with Crippen LogP contribution in [-0.2, 0) is 51.1 Å². The molecule has 0 aromatic heterocycles. The highest BCUT2D eigenvalue weighted by Crippen LogP contribution is 2.28. The molecule has 44 heavy (non-hydrogen) atoms. The summed E-state index contributed by atoms with van der Waals surface area (Å²) in [6.07, 6.45) is 0.598. The first-order chi connectivity index (χ1) is 21.7. The number of ether oxygens (including phenoxy) is 8. The predicted octanol–water partition coefficient (Wildman–Crippen LogP) is 5.53. The van der Waals surface area contributed by atoms with Gasteiger partial charge in [-0.3, -0.25) is 0 Å². The highest BCUT2D eigenvalue weighted by Gasteiger charge is 2.22. The van der Waals surface area contributed by atoms with Crippen molar-refractivity contribution in [3.63, 3.8) is 0 Å². The van der Waals surface area contributed by atoms with Gasteiger partial charge in [-0.2, -0.15) is 0 Å². The predicted molar refractivity (Wildman–Crippen MR) is 169 cm³/mol. The minimum absolute atomic E-state index is 0.298. The molecule has 3 aromatic rings. The molecule has 0 radical (unpaired) electrons. The second kappa shape index (κ2) is 17.7. The Morgan fingerprint density at radius 2 is 0.886 bits per heavy atom. The van der Waals surface area contributed by atoms with Crippen molar-refractivity contribution >= 4 is 0 Å². The van der Waals surface area contributed by atoms with Crippen molar-refractivity contribution in [1.82, 2.24) is 0 Å². The third-order valence-electron chi connectivity index (χ3n) is 7.62. The molecule has 0 aliphatic carbocycles. The smallest absolute Gasteiger partial charge is 0.104 e. The van der Waals surface area contributed by atoms with E-state index in [4.69, 9.17) is 37.9 Å². The zero-order chi connectivity index (χ0) is 30.4. The maximum atomic E-state index is 5.90. The lowest BCUT2D eigenvalue weighted by Crippen LogP contribution is -2.11. The second-order valence-electron chi connectivity index (χ2n) is 11.3. The standard InChI is InChI=1S/C36H46O8/c1-27-19-33(20-28(2)36(27)26-42-18-14-38-13-17-41-23-35-25-44-35)32-9-7-31(8-10-32)30-5-3-29(4-6-30)21-39-15-11-37-12-16-40-22-34-24-43-34/h3-10,19-20,34-35H,11-18,21-26H2,1-2H3. The Hall–Kier alpha value is -2.66. The summed E-state index contributed by atoms with van der Waals surface area (Å²) in [4.78, 5) is 0. The van der Waals surface area contributed by atoms with E-state index in [1.807, 2.05) is 0 Å². The van der Waals surface area contributed by atoms with Gasteiger partial charge in [0.25, 0.3) is 0 Å². The molecular weight excluding hydrogens is 560 g/mol. The molecule has 238 valence electrons. The summed E-state index contributed by atoms with van der Waals surface area (Å²) in [6.45, 7) is 13.0. The molecule has 0 amide bonds. The lowest BCUT2D eigenvalue weighted by Gasteiger charge is -2.14. The number of aryl methyl sites for hydroxylation is 2. The van der Waals surface area contributed by atoms with Crippen molar-refractivity contribution in [2.24, 2.45) is 0 Å². The SMILES string of the molecule is Cc1cc(-c2ccc(-c3ccc(COCCOCCOCC4CO4)cc3)cc2)cc(C)c1COCCOCCOCC1CO1. The van der Waals surface area contributed by atoms with Gasteiger partial charge in [0.2, 0.25) is 0 Å². The van der Waals surface area contributed by atoms with Crippen molar-refractivity contribution in [3.8, 4) is 22.3 Å². The average Bonchev–Trinajstić information content (AvgIpc) is 3.97. The zero-order valence-electron chi connectivity index (χ0n) is 26.1. The maximum Gasteiger partial charge on any atom is 0.104 e. The molecule has 0 N–H and O–H groups in total. The van der Waals surface area contributed by atoms with E-state index in [0.29, 0.717) is 91.5 Å². The summed E-state index contributed by atoms with van der Waals surface area (Å²) < 4.78 is 44.0. The summed E-state index contributed by atoms with van der Waals surface area (Å²) in [6, 6.07) is 21.8. The zero-order valence-corrected chi connectivity index (χ0v) is 26.1. The molecule has 8 nitrogen and oxygen atoms in total. The first-order valence-electron chi connectivity index (χ1n) is 15.7. The fraction of sp³-hybridized carbons (Fsp3) is 0.500. The average molecular weight is 607 g/mol. The van der Waals surface area contributed by atoms with Gasteiger partial charge in [0.05, 0.1) is 92.5 Å². The highest BCUT2D eigenvalue weighted by molar-refractivity contribution is 5.71. The van der Waals surface area contributed by atoms with Crippen LogP contribution in [0.1, 0.15) is 22.3 Å². The van der Waals surface area contributed by atoms with E-state index < -0.39 is 0 Å². The number of hydrogen-bond donors (Lipinski definition) is 0. The summed E-state index contributed by atoms with van der Waals surface area (Å²) in [5.74, 6) is 0. The molecule has 2 aliphatic rings. The first-order valence-corrected chi connectivity index (χ1v) is 15.7. The molecule has 0 saturated carbocycles. The lowest BCUT2D eigenvalue weighted by molar-refractivity contribution is 0.00806. The van der Waals surface area contributed by atoms with Crippen LogP contribution < -0.4 is 0 Å². The van der Waals surface area contributed by atoms with E-state index in [-0.39, 0.29) is 0 Å². The van der Waals surface area contributed by atoms with Crippen LogP contribution in [0.25, 0.3) is 22.3 Å². The summed E-state index contributed by atoms with van der Waals surface area (Å²) >= 11 is 0. The minimum atomic E-state index is 0.298. The Kier molecular flexibility index (Phi) is 13.2. The minimum Gasteiger partial charge on any atom is -0.377 e. The van der Waals surface area contributed by atoms with Gasteiger partial charge in [0.15, 0.2) is 0 Å². The molecule has 5 rings (SSSR count). The van der Waals surface area contributed by atoms with Crippen molar-refractivity contribution in [2.45, 2.75) is 39.3 Å². The van der Waals surface area contributed by atoms with Gasteiger partial charge < -0.3 is 37.9 Å². The molecule has 0 spiro atoms. The van der Waals surface area contributed by atoms with Crippen LogP contribution in [-0.4, -0.2) is 91.5 Å². The Morgan fingerprint density at radius 1 is 0.500 bits per heavy atom. The fourth-order valence-electron chi connectivity index (χ4n) is 4.83. The van der Waals surface area contributed by atoms with E-state index in [2.05, 4.69) is 74.5 Å². The van der Waals surface area contributed by atoms with Gasteiger partial charge in [-0.05, 0) is 58.4 Å². The molecule has 2 unspecified atom stereocenters. The van der Waals surface area contributed by atoms with E-state index in [1.54, 1.807) is 0 Å². The number of rotatable bonds is 22. The molecule has 8 heteroatoms. The van der Waals surface area contributed by atoms with Gasteiger partial charge in [0.1, 0.15) is 12.2 Å². The highest BCUT2D eigenvalue weighted by atomic mass is 16.6. The largest absolute Gasteiger partial charge is 0.377 e. The fourth-order valence-corrected chi connectivity index (χ4v) is 4.83. The van der Waals surface area contributed by atoms with Crippen molar-refractivity contribution < 1.29 is 37.9 Å². The van der Waals surface area contributed by atoms with Crippen LogP contribution in [0.2, 0.25) is 0 Å². The topological polar surface area (TPSA) is 80.4 Å². The third kappa shape index (κ3) is 11.4. The monoisotopic (exact) mass is 606 g/mol. The van der Waals surface area contributed by atoms with Crippen molar-refractivity contribution in [2.75, 3.05) is 79.3 Å². The Bertz CT molecular complexity index is 1230. The Morgan fingerprint density at radius 3 is 1.36 bits per heavy atom. The quantitative estimate of drug-likeness (QED) is 0.109. The number of epoxide rings is 2. The van der Waals surface area contributed by atoms with E-state index in [0.717, 1.165) is 18.8 Å². The molecule has 2 heterocycles. The molecule has 2 saturated heterocycles. The van der Waals surface area contributed by atoms with Crippen LogP contribution >= 0.6 is 0 Å². The lowest BCUT2D eigenvalue weighted by atomic mass is 9.94. The van der Waals surface area contributed by atoms with Crippen LogP contribution in [0.15, 0.2) is 60.7 Å². The van der Waals surface area contributed by atoms with Gasteiger partial charge in [-0.1, -0.05) is 60.7 Å². The van der Waals surface area contributed by atoms with Crippen LogP contribution in [0.3, 0.4) is 0 Å². The van der Waals surface area contributed by atoms with Crippen LogP contribution in [0.5, 0.6) is 0 Å². The van der Waals surface area contributed by atoms with Gasteiger partial charge in [-0.25, -0.2) is 0 Å². The van der Waals surface area contributed by atoms with Crippen molar-refractivity contribution in [3.05, 3.63) is 82.9 Å². The van der Waals surface area contributed by atoms with Gasteiger partial charge in [0, 0.05) is 0 Å². The molecule has 3 aromatic carbocycles. The number of hydrogen-bond acceptors (Lipinski definition) is 8. The van der Waals surface area contributed by atoms with E-state index in [1.165, 1.54) is 38.9 Å². The van der Waals surface area contributed by atoms with E-state index in [9.17, 15) is 0 Å². The van der Waals surface area contributed by atoms with Gasteiger partial charge in [-0.15, -0.1) is 0 Å². The summed E-state index contributed by atoms with van der Waals surface area (Å²) in [5.41, 5.74) is 9.64. The van der Waals surface area contributed by atoms with Crippen LogP contribution in [0, 0.1) is 13.8 Å². The molecular formula is C36H46O8. The first kappa shape index (κ1) is 32.7. The number of benzene rings is 3.